The molecule has 2 aromatic rings. The van der Waals surface area contributed by atoms with Crippen LogP contribution >= 0.6 is 7.60 Å². The van der Waals surface area contributed by atoms with Crippen molar-refractivity contribution in [2.75, 3.05) is 13.2 Å². The Morgan fingerprint density at radius 2 is 1.47 bits per heavy atom. The van der Waals surface area contributed by atoms with E-state index in [1.54, 1.807) is 34.6 Å². The number of nitrogens with one attached hydrogen (secondary N) is 1. The van der Waals surface area contributed by atoms with E-state index in [0.717, 1.165) is 16.2 Å². The van der Waals surface area contributed by atoms with Gasteiger partial charge in [0.15, 0.2) is 5.78 Å². The highest BCUT2D eigenvalue weighted by Crippen LogP contribution is 2.55. The first-order valence-corrected chi connectivity index (χ1v) is 13.1. The third-order valence-electron chi connectivity index (χ3n) is 4.80. The third-order valence-corrected chi connectivity index (χ3v) is 7.31. The average molecular weight is 493 g/mol. The minimum atomic E-state index is -3.92. The largest absolute Gasteiger partial charge is 0.444 e. The van der Waals surface area contributed by atoms with Gasteiger partial charge in [-0.05, 0) is 52.2 Å². The van der Waals surface area contributed by atoms with Gasteiger partial charge >= 0.3 is 13.7 Å². The van der Waals surface area contributed by atoms with Crippen molar-refractivity contribution in [1.82, 2.24) is 10.4 Å². The Hall–Kier alpha value is -2.22. The lowest BCUT2D eigenvalue weighted by Crippen LogP contribution is -2.53. The summed E-state index contributed by atoms with van der Waals surface area (Å²) in [5.41, 5.74) is 0.940. The van der Waals surface area contributed by atoms with Crippen LogP contribution in [0, 0.1) is 0 Å². The zero-order chi connectivity index (χ0) is 25.2. The van der Waals surface area contributed by atoms with Gasteiger partial charge in [0.1, 0.15) is 5.60 Å². The van der Waals surface area contributed by atoms with Gasteiger partial charge in [0.25, 0.3) is 0 Å². The number of benzene rings is 2. The van der Waals surface area contributed by atoms with Crippen LogP contribution in [-0.4, -0.2) is 47.0 Å². The zero-order valence-corrected chi connectivity index (χ0v) is 21.5. The molecule has 0 spiro atoms. The molecule has 0 saturated carbocycles. The van der Waals surface area contributed by atoms with Crippen LogP contribution in [-0.2, 0) is 31.3 Å². The van der Waals surface area contributed by atoms with Gasteiger partial charge in [0.2, 0.25) is 0 Å². The van der Waals surface area contributed by atoms with Crippen LogP contribution in [0.15, 0.2) is 60.7 Å². The molecule has 2 aromatic carbocycles. The van der Waals surface area contributed by atoms with Gasteiger partial charge in [-0.15, -0.1) is 0 Å². The zero-order valence-electron chi connectivity index (χ0n) is 20.6. The molecule has 0 bridgehead atoms. The number of carbonyl (C=O) groups is 1. The highest BCUT2D eigenvalue weighted by atomic mass is 31.2. The summed E-state index contributed by atoms with van der Waals surface area (Å²) in [6, 6.07) is 17.8. The van der Waals surface area contributed by atoms with Gasteiger partial charge in [-0.3, -0.25) is 4.57 Å². The van der Waals surface area contributed by atoms with E-state index in [-0.39, 0.29) is 26.2 Å². The molecule has 2 rings (SSSR count). The van der Waals surface area contributed by atoms with E-state index < -0.39 is 31.1 Å². The van der Waals surface area contributed by atoms with Crippen LogP contribution in [0.25, 0.3) is 0 Å². The van der Waals surface area contributed by atoms with Gasteiger partial charge in [-0.1, -0.05) is 60.7 Å². The fourth-order valence-electron chi connectivity index (χ4n) is 3.56. The van der Waals surface area contributed by atoms with E-state index in [0.29, 0.717) is 0 Å². The van der Waals surface area contributed by atoms with Crippen LogP contribution in [0.5, 0.6) is 0 Å². The van der Waals surface area contributed by atoms with Crippen molar-refractivity contribution in [2.45, 2.75) is 65.0 Å². The first-order chi connectivity index (χ1) is 16.1. The summed E-state index contributed by atoms with van der Waals surface area (Å²) < 4.78 is 30.7. The van der Waals surface area contributed by atoms with Crippen LogP contribution in [0.4, 0.5) is 4.79 Å². The smallest absolute Gasteiger partial charge is 0.407 e. The Labute approximate surface area is 202 Å². The molecule has 0 aromatic heterocycles. The van der Waals surface area contributed by atoms with Crippen molar-refractivity contribution in [3.05, 3.63) is 71.8 Å². The lowest BCUT2D eigenvalue weighted by atomic mass is 10.1. The molecule has 0 fully saturated rings. The molecule has 0 aliphatic carbocycles. The van der Waals surface area contributed by atoms with Gasteiger partial charge in [-0.2, -0.15) is 5.06 Å². The fourth-order valence-corrected chi connectivity index (χ4v) is 5.69. The minimum Gasteiger partial charge on any atom is -0.444 e. The Balaban J connectivity index is 2.49. The van der Waals surface area contributed by atoms with Crippen LogP contribution in [0.2, 0.25) is 0 Å². The first-order valence-electron chi connectivity index (χ1n) is 11.5. The monoisotopic (exact) mass is 492 g/mol. The van der Waals surface area contributed by atoms with Crippen molar-refractivity contribution >= 4 is 13.7 Å². The van der Waals surface area contributed by atoms with E-state index in [9.17, 15) is 14.6 Å². The van der Waals surface area contributed by atoms with Crippen molar-refractivity contribution in [3.8, 4) is 0 Å². The van der Waals surface area contributed by atoms with E-state index in [4.69, 9.17) is 13.8 Å². The summed E-state index contributed by atoms with van der Waals surface area (Å²) in [5, 5.41) is 15.0. The lowest BCUT2D eigenvalue weighted by Gasteiger charge is -2.37. The highest BCUT2D eigenvalue weighted by Gasteiger charge is 2.46. The molecule has 1 amide bonds. The number of hydrogen-bond donors (Lipinski definition) is 2. The fraction of sp³-hybridized carbons (Fsp3) is 0.480. The van der Waals surface area contributed by atoms with Gasteiger partial charge in [0.05, 0.1) is 19.3 Å². The first kappa shape index (κ1) is 28.0. The second-order valence-corrected chi connectivity index (χ2v) is 10.9. The number of alkyl carbamates (subject to hydrolysis) is 1. The topological polar surface area (TPSA) is 97.3 Å². The number of ether oxygens (including phenoxy) is 1. The maximum Gasteiger partial charge on any atom is 0.407 e. The van der Waals surface area contributed by atoms with Gasteiger partial charge in [-0.25, -0.2) is 4.79 Å². The molecule has 9 heteroatoms. The van der Waals surface area contributed by atoms with Crippen molar-refractivity contribution < 1.29 is 28.4 Å². The molecule has 2 atom stereocenters. The number of nitrogens with zero attached hydrogens (tertiary/aromatic N) is 1. The second kappa shape index (κ2) is 13.0. The molecule has 34 heavy (non-hydrogen) atoms. The third kappa shape index (κ3) is 8.85. The predicted octanol–water partition coefficient (Wildman–Crippen LogP) is 5.61. The number of amides is 1. The maximum atomic E-state index is 14.0. The SMILES string of the molecule is CCOP(=O)(OCC)[C@H]([C@H](Cc1ccccc1)NC(=O)OC(C)(C)C)N(O)Cc1ccccc1. The Kier molecular flexibility index (Phi) is 10.7. The number of rotatable bonds is 12. The summed E-state index contributed by atoms with van der Waals surface area (Å²) >= 11 is 0. The van der Waals surface area contributed by atoms with E-state index >= 15 is 0 Å². The molecule has 2 N–H and O–H groups in total. The number of carbonyl (C=O) groups excluding carboxylic acids is 1. The minimum absolute atomic E-state index is 0.0525. The van der Waals surface area contributed by atoms with Crippen LogP contribution < -0.4 is 5.32 Å². The Morgan fingerprint density at radius 3 is 1.94 bits per heavy atom. The summed E-state index contributed by atoms with van der Waals surface area (Å²) in [4.78, 5) is 12.8. The standard InChI is InChI=1S/C25H37N2O6P/c1-6-31-34(30,32-7-2)23(27(29)19-21-16-12-9-13-17-21)22(18-20-14-10-8-11-15-20)26-24(28)33-25(3,4)5/h8-17,22-23,29H,6-7,18-19H2,1-5H3,(H,26,28)/t22-,23+/m0/s1. The molecular weight excluding hydrogens is 455 g/mol. The van der Waals surface area contributed by atoms with Crippen LogP contribution in [0.1, 0.15) is 45.7 Å². The highest BCUT2D eigenvalue weighted by molar-refractivity contribution is 7.54. The molecule has 188 valence electrons. The van der Waals surface area contributed by atoms with Crippen LogP contribution in [0.3, 0.4) is 0 Å². The number of hydrogen-bond acceptors (Lipinski definition) is 7. The molecular formula is C25H37N2O6P. The van der Waals surface area contributed by atoms with Gasteiger partial charge < -0.3 is 24.3 Å². The summed E-state index contributed by atoms with van der Waals surface area (Å²) in [5.74, 6) is -1.19. The molecule has 0 unspecified atom stereocenters. The summed E-state index contributed by atoms with van der Waals surface area (Å²) in [6.07, 6.45) is -0.424. The maximum absolute atomic E-state index is 14.0. The number of hydroxylamine groups is 2. The average Bonchev–Trinajstić information content (AvgIpc) is 2.74. The summed E-state index contributed by atoms with van der Waals surface area (Å²) in [7, 11) is -3.92. The van der Waals surface area contributed by atoms with Gasteiger partial charge in [0, 0.05) is 6.54 Å². The predicted molar refractivity (Wildman–Crippen MR) is 132 cm³/mol. The normalized spacial score (nSPS) is 14.0. The Bertz CT molecular complexity index is 910. The second-order valence-electron chi connectivity index (χ2n) is 8.81. The molecule has 0 aliphatic rings. The van der Waals surface area contributed by atoms with Crippen molar-refractivity contribution in [1.29, 1.82) is 0 Å². The van der Waals surface area contributed by atoms with Crippen molar-refractivity contribution in [2.24, 2.45) is 0 Å². The summed E-state index contributed by atoms with van der Waals surface area (Å²) in [6.45, 7) is 8.95. The van der Waals surface area contributed by atoms with E-state index in [1.165, 1.54) is 0 Å². The van der Waals surface area contributed by atoms with Crippen molar-refractivity contribution in [3.63, 3.8) is 0 Å². The lowest BCUT2D eigenvalue weighted by molar-refractivity contribution is -0.126. The molecule has 0 radical (unpaired) electrons. The molecule has 0 heterocycles. The molecule has 0 saturated heterocycles. The quantitative estimate of drug-likeness (QED) is 0.294. The molecule has 8 nitrogen and oxygen atoms in total. The Morgan fingerprint density at radius 1 is 0.971 bits per heavy atom. The molecule has 0 aliphatic heterocycles. The van der Waals surface area contributed by atoms with E-state index in [2.05, 4.69) is 5.32 Å². The van der Waals surface area contributed by atoms with E-state index in [1.807, 2.05) is 60.7 Å².